The number of aromatic nitrogens is 4. The highest BCUT2D eigenvalue weighted by molar-refractivity contribution is 7.94. The van der Waals surface area contributed by atoms with E-state index in [-0.39, 0.29) is 75.3 Å². The predicted molar refractivity (Wildman–Crippen MR) is 460 cm³/mol. The quantitative estimate of drug-likeness (QED) is 0.0260. The standard InChI is InChI=1S/4C20H21N3O5S2/c4*1-10-8-11(2)17(15(9-10)14(5)24)21-19(25)18-16(6-7-29-18)30(26,27)23-20-12(3)13(4)22-28-20/h4*6-9,23H,1-5H3,(H,21,25)/i1D3,2D3,3D3,4D3,8D,9D;1D3,2D3,4D3,8D,9D;3D3,5D3;5D3/hD8. The molecule has 0 aliphatic carbocycles. The fourth-order valence-corrected chi connectivity index (χ4v) is 18.9. The Hall–Kier alpha value is -11.9. The van der Waals surface area contributed by atoms with Crippen molar-refractivity contribution in [2.45, 2.75) is 157 Å². The summed E-state index contributed by atoms with van der Waals surface area (Å²) in [4.78, 5) is 98.3. The van der Waals surface area contributed by atoms with E-state index >= 15 is 0 Å². The smallest absolute Gasteiger partial charge is 0.267 e. The van der Waals surface area contributed by atoms with Crippen LogP contribution >= 0.6 is 45.3 Å². The molecule has 32 nitrogen and oxygen atoms in total. The van der Waals surface area contributed by atoms with Crippen molar-refractivity contribution in [1.29, 1.82) is 0 Å². The van der Waals surface area contributed by atoms with Crippen molar-refractivity contribution >= 4 is 178 Å². The van der Waals surface area contributed by atoms with Crippen molar-refractivity contribution in [3.8, 4) is 0 Å². The molecule has 0 spiro atoms. The molecule has 4 amide bonds. The fraction of sp³-hybridized carbons (Fsp3) is 0.250. The molecule has 0 unspecified atom stereocenters. The van der Waals surface area contributed by atoms with Gasteiger partial charge < -0.3 is 39.3 Å². The maximum Gasteiger partial charge on any atom is 0.267 e. The lowest BCUT2D eigenvalue weighted by Gasteiger charge is -2.14. The number of hydrogen-bond acceptors (Lipinski definition) is 28. The Kier molecular flexibility index (Phi) is 15.4. The van der Waals surface area contributed by atoms with E-state index in [4.69, 9.17) is 71.5 Å². The van der Waals surface area contributed by atoms with Crippen LogP contribution in [-0.4, -0.2) is 101 Å². The summed E-state index contributed by atoms with van der Waals surface area (Å²) in [5.41, 5.74) is -12.4. The lowest BCUT2D eigenvalue weighted by Crippen LogP contribution is -2.20. The second-order valence-electron chi connectivity index (χ2n) is 24.4. The highest BCUT2D eigenvalue weighted by Gasteiger charge is 2.33. The molecule has 632 valence electrons. The summed E-state index contributed by atoms with van der Waals surface area (Å²) in [6.07, 6.45) is 0. The SMILES string of the molecule is [2H]N(C(=O)c1sccc1S(=O)(=O)N([2H])c1onc(C)c1C([2H])([2H])[2H])c1c(C)cc(C)cc1C(=O)C([2H])([2H])[2H].[2H]N(C(=O)c1sccc1S(=O)(=O)N([2H])c1onc(C)c1C)c1c(C)cc(C)cc1C(=O)C([2H])([2H])[2H].[2H]c1c(C(C)=O)c(N([2H])C(=O)c2sccc2S(=O)(=O)N([2H])c2onc(C([2H])([2H])[2H])c2C([2H])([2H])[2H])c(C([2H])([2H])[2H])c([2H])c1C([2H])([2H])[2H].[2H]c1c(C(C)=O)c(N([2H])C(=O)c2sccc2S(=O)(=O)N([2H])c2onc(C([2H])([2H])[2H])c2C)c(C([2H])([2H])[2H])c([2H])c1C([2H])([2H])[2H]. The van der Waals surface area contributed by atoms with Gasteiger partial charge in [-0.05, 0) is 252 Å². The third-order valence-electron chi connectivity index (χ3n) is 15.7. The van der Waals surface area contributed by atoms with Crippen molar-refractivity contribution in [3.63, 3.8) is 0 Å². The third-order valence-corrected chi connectivity index (χ3v) is 25.0. The van der Waals surface area contributed by atoms with Gasteiger partial charge in [-0.25, -0.2) is 52.5 Å². The molecule has 0 bridgehead atoms. The van der Waals surface area contributed by atoms with Crippen molar-refractivity contribution in [2.24, 2.45) is 0 Å². The van der Waals surface area contributed by atoms with Crippen LogP contribution in [0.25, 0.3) is 0 Å². The molecule has 0 radical (unpaired) electrons. The minimum atomic E-state index is -5.38. The lowest BCUT2D eigenvalue weighted by molar-refractivity contribution is 0.100. The molecule has 12 rings (SSSR count). The van der Waals surface area contributed by atoms with E-state index in [1.54, 1.807) is 26.8 Å². The summed E-state index contributed by atoms with van der Waals surface area (Å²) in [7, 11) is -20.0. The number of rotatable bonds is 24. The van der Waals surface area contributed by atoms with Crippen molar-refractivity contribution in [2.75, 3.05) is 40.1 Å². The Balaban J connectivity index is 0.000000239. The summed E-state index contributed by atoms with van der Waals surface area (Å²) >= 11 is 2.08. The van der Waals surface area contributed by atoms with Gasteiger partial charge in [0.25, 0.3) is 63.7 Å². The largest absolute Gasteiger partial charge is 0.337 e. The Morgan fingerprint density at radius 1 is 0.342 bits per heavy atom. The number of nitrogens with one attached hydrogen (secondary N) is 8. The van der Waals surface area contributed by atoms with Crippen molar-refractivity contribution < 1.29 is 148 Å². The van der Waals surface area contributed by atoms with Crippen LogP contribution in [0.4, 0.5) is 46.3 Å². The van der Waals surface area contributed by atoms with E-state index in [1.807, 2.05) is 0 Å². The number of carbonyl (C=O) groups excluding carboxylic acids is 8. The Morgan fingerprint density at radius 2 is 0.625 bits per heavy atom. The summed E-state index contributed by atoms with van der Waals surface area (Å²) in [5.74, 6) is -13.9. The van der Waals surface area contributed by atoms with Crippen LogP contribution in [-0.2, 0) is 40.1 Å². The van der Waals surface area contributed by atoms with Crippen LogP contribution in [0.2, 0.25) is 11.3 Å². The number of sulfonamides is 4. The molecule has 120 heavy (non-hydrogen) atoms. The Bertz CT molecular complexity index is 8420. The number of anilines is 8. The molecule has 4 aromatic carbocycles. The van der Waals surface area contributed by atoms with Gasteiger partial charge in [-0.3, -0.25) is 38.4 Å². The number of benzene rings is 4. The first-order valence-electron chi connectivity index (χ1n) is 53.3. The maximum atomic E-state index is 13.6. The number of nitrogens with zero attached hydrogens (tertiary/aromatic N) is 4. The van der Waals surface area contributed by atoms with Gasteiger partial charge in [-0.1, -0.05) is 44.8 Å². The molecular weight excluding hydrogens is 1710 g/mol. The zero-order chi connectivity index (χ0) is 124. The number of hydrogen-bond donors (Lipinski definition) is 8. The highest BCUT2D eigenvalue weighted by atomic mass is 32.2. The van der Waals surface area contributed by atoms with Gasteiger partial charge in [0.1, 0.15) is 39.1 Å². The summed E-state index contributed by atoms with van der Waals surface area (Å²) in [6.45, 7) is -18.5. The van der Waals surface area contributed by atoms with Gasteiger partial charge in [0.05, 0.1) is 51.0 Å². The fourth-order valence-electron chi connectivity index (χ4n) is 9.88. The topological polar surface area (TPSA) is 473 Å². The molecule has 0 saturated heterocycles. The zero-order valence-electron chi connectivity index (χ0n) is 105. The van der Waals surface area contributed by atoms with E-state index in [1.165, 1.54) is 56.7 Å². The van der Waals surface area contributed by atoms with Crippen molar-refractivity contribution in [1.82, 2.24) is 20.6 Å². The van der Waals surface area contributed by atoms with Crippen LogP contribution in [0.3, 0.4) is 0 Å². The molecule has 0 aliphatic heterocycles. The van der Waals surface area contributed by atoms with Crippen LogP contribution < -0.4 is 40.1 Å². The van der Waals surface area contributed by atoms with Gasteiger partial charge in [0, 0.05) is 85.6 Å². The average molecular weight is 1830 g/mol. The molecule has 8 aromatic heterocycles. The van der Waals surface area contributed by atoms with E-state index in [9.17, 15) is 72.0 Å². The number of carbonyl (C=O) groups is 8. The van der Waals surface area contributed by atoms with Crippen LogP contribution in [0, 0.1) is 110 Å². The summed E-state index contributed by atoms with van der Waals surface area (Å²) in [5, 5.41) is 18.0. The van der Waals surface area contributed by atoms with Crippen LogP contribution in [0.5, 0.6) is 0 Å². The second-order valence-corrected chi connectivity index (χ2v) is 34.3. The van der Waals surface area contributed by atoms with E-state index in [0.29, 0.717) is 73.0 Å². The Labute approximate surface area is 767 Å². The minimum Gasteiger partial charge on any atom is -0.337 e. The van der Waals surface area contributed by atoms with Crippen molar-refractivity contribution in [3.05, 3.63) is 226 Å². The van der Waals surface area contributed by atoms with E-state index < -0.39 is 314 Å². The predicted octanol–water partition coefficient (Wildman–Crippen LogP) is 16.9. The molecule has 0 fully saturated rings. The van der Waals surface area contributed by atoms with Gasteiger partial charge in [-0.15, -0.1) is 45.3 Å². The van der Waals surface area contributed by atoms with E-state index in [0.717, 1.165) is 55.8 Å². The number of amides is 4. The minimum absolute atomic E-state index is 0.107. The maximum absolute atomic E-state index is 13.6. The molecule has 8 N–H and O–H groups in total. The van der Waals surface area contributed by atoms with Gasteiger partial charge in [-0.2, -0.15) is 0 Å². The molecular formula is C80H84N12O20S8. The highest BCUT2D eigenvalue weighted by Crippen LogP contribution is 2.36. The number of Topliss-reactive ketones (excluding diaryl/α,β-unsaturated/α-hetero) is 4. The monoisotopic (exact) mass is 1830 g/mol. The lowest BCUT2D eigenvalue weighted by atomic mass is 10.0. The second kappa shape index (κ2) is 37.2. The van der Waals surface area contributed by atoms with Crippen LogP contribution in [0.15, 0.2) is 132 Å². The number of ketones is 4. The first kappa shape index (κ1) is 49.6. The van der Waals surface area contributed by atoms with Gasteiger partial charge in [0.15, 0.2) is 34.4 Å². The zero-order valence-corrected chi connectivity index (χ0v) is 69.3. The molecule has 40 heteroatoms. The number of thiophene rings is 4. The summed E-state index contributed by atoms with van der Waals surface area (Å²) < 4.78 is 453. The molecule has 0 aliphatic rings. The van der Waals surface area contributed by atoms with Gasteiger partial charge in [0.2, 0.25) is 23.5 Å². The first-order valence-corrected chi connectivity index (χ1v) is 42.0. The Morgan fingerprint density at radius 3 is 0.900 bits per heavy atom. The average Bonchev–Trinajstić information content (AvgIpc) is 1.08. The molecule has 0 saturated carbocycles. The van der Waals surface area contributed by atoms with E-state index in [2.05, 4.69) is 25.1 Å². The normalized spacial score (nSPS) is 17.5. The van der Waals surface area contributed by atoms with Crippen LogP contribution in [0.1, 0.15) is 244 Å². The molecule has 8 heterocycles. The molecule has 12 aromatic rings. The third kappa shape index (κ3) is 21.0. The van der Waals surface area contributed by atoms with Gasteiger partial charge >= 0.3 is 0 Å². The summed E-state index contributed by atoms with van der Waals surface area (Å²) in [6, 6.07) is 4.42. The molecule has 0 atom stereocenters. The number of aryl methyl sites for hydroxylation is 8. The first-order chi connectivity index (χ1) is 73.3.